The van der Waals surface area contributed by atoms with E-state index in [2.05, 4.69) is 5.32 Å². The number of ether oxygens (including phenoxy) is 2. The number of hydrogen-bond acceptors (Lipinski definition) is 3. The lowest BCUT2D eigenvalue weighted by molar-refractivity contribution is -0.136. The quantitative estimate of drug-likeness (QED) is 0.306. The molecule has 0 bridgehead atoms. The molecule has 0 aromatic heterocycles. The van der Waals surface area contributed by atoms with Crippen molar-refractivity contribution in [3.8, 4) is 22.6 Å². The van der Waals surface area contributed by atoms with Crippen LogP contribution in [0.4, 0.5) is 18.9 Å². The lowest BCUT2D eigenvalue weighted by atomic mass is 10.1. The zero-order valence-electron chi connectivity index (χ0n) is 18.8. The molecule has 4 nitrogen and oxygen atoms in total. The number of alkyl halides is 3. The SMILES string of the molecule is COc1ccc(C(=O)Nc2ccccc2C(F)(F)F)cc1COc1ccc(-c2ccccc2)cc1. The predicted molar refractivity (Wildman–Crippen MR) is 129 cm³/mol. The zero-order valence-corrected chi connectivity index (χ0v) is 18.8. The van der Waals surface area contributed by atoms with Gasteiger partial charge < -0.3 is 14.8 Å². The molecule has 0 aliphatic carbocycles. The third-order valence-corrected chi connectivity index (χ3v) is 5.38. The average molecular weight is 477 g/mol. The van der Waals surface area contributed by atoms with E-state index in [0.29, 0.717) is 17.1 Å². The fourth-order valence-electron chi connectivity index (χ4n) is 3.60. The normalized spacial score (nSPS) is 11.1. The van der Waals surface area contributed by atoms with E-state index in [0.717, 1.165) is 17.2 Å². The highest BCUT2D eigenvalue weighted by atomic mass is 19.4. The minimum absolute atomic E-state index is 0.105. The van der Waals surface area contributed by atoms with Crippen molar-refractivity contribution in [1.82, 2.24) is 0 Å². The third kappa shape index (κ3) is 5.81. The average Bonchev–Trinajstić information content (AvgIpc) is 2.88. The van der Waals surface area contributed by atoms with Crippen LogP contribution in [0.2, 0.25) is 0 Å². The van der Waals surface area contributed by atoms with Gasteiger partial charge in [-0.3, -0.25) is 4.79 Å². The first-order chi connectivity index (χ1) is 16.8. The van der Waals surface area contributed by atoms with Crippen molar-refractivity contribution >= 4 is 11.6 Å². The van der Waals surface area contributed by atoms with Crippen LogP contribution in [0.5, 0.6) is 11.5 Å². The lowest BCUT2D eigenvalue weighted by Gasteiger charge is -2.15. The first-order valence-corrected chi connectivity index (χ1v) is 10.8. The summed E-state index contributed by atoms with van der Waals surface area (Å²) in [7, 11) is 1.49. The Hall–Kier alpha value is -4.26. The highest BCUT2D eigenvalue weighted by molar-refractivity contribution is 6.05. The van der Waals surface area contributed by atoms with Gasteiger partial charge in [0.2, 0.25) is 0 Å². The molecule has 4 rings (SSSR count). The molecule has 0 spiro atoms. The predicted octanol–water partition coefficient (Wildman–Crippen LogP) is 7.21. The van der Waals surface area contributed by atoms with Crippen LogP contribution in [0, 0.1) is 0 Å². The molecule has 178 valence electrons. The number of methoxy groups -OCH3 is 1. The van der Waals surface area contributed by atoms with E-state index in [4.69, 9.17) is 9.47 Å². The molecule has 7 heteroatoms. The molecule has 35 heavy (non-hydrogen) atoms. The molecule has 0 radical (unpaired) electrons. The van der Waals surface area contributed by atoms with Gasteiger partial charge in [0.05, 0.1) is 18.4 Å². The first-order valence-electron chi connectivity index (χ1n) is 10.8. The number of hydrogen-bond donors (Lipinski definition) is 1. The summed E-state index contributed by atoms with van der Waals surface area (Å²) in [4.78, 5) is 12.7. The van der Waals surface area contributed by atoms with Crippen molar-refractivity contribution in [2.75, 3.05) is 12.4 Å². The van der Waals surface area contributed by atoms with Crippen LogP contribution in [0.1, 0.15) is 21.5 Å². The fourth-order valence-corrected chi connectivity index (χ4v) is 3.60. The standard InChI is InChI=1S/C28H22F3NO3/c1-34-26-16-13-21(27(33)32-25-10-6-5-9-24(25)28(29,30)31)17-22(26)18-35-23-14-11-20(12-15-23)19-7-3-2-4-8-19/h2-17H,18H2,1H3,(H,32,33). The lowest BCUT2D eigenvalue weighted by Crippen LogP contribution is -2.17. The van der Waals surface area contributed by atoms with Crippen molar-refractivity contribution in [2.24, 2.45) is 0 Å². The number of rotatable bonds is 7. The van der Waals surface area contributed by atoms with Gasteiger partial charge in [0, 0.05) is 11.1 Å². The van der Waals surface area contributed by atoms with Gasteiger partial charge in [0.1, 0.15) is 18.1 Å². The summed E-state index contributed by atoms with van der Waals surface area (Å²) in [5.74, 6) is 0.455. The van der Waals surface area contributed by atoms with Crippen LogP contribution < -0.4 is 14.8 Å². The Labute approximate surface area is 200 Å². The van der Waals surface area contributed by atoms with Gasteiger partial charge in [-0.25, -0.2) is 0 Å². The number of carbonyl (C=O) groups is 1. The van der Waals surface area contributed by atoms with Gasteiger partial charge in [-0.2, -0.15) is 13.2 Å². The Bertz CT molecular complexity index is 1300. The summed E-state index contributed by atoms with van der Waals surface area (Å²) in [5, 5.41) is 2.35. The molecule has 0 aliphatic heterocycles. The van der Waals surface area contributed by atoms with Crippen LogP contribution in [0.3, 0.4) is 0 Å². The molecule has 0 heterocycles. The number of benzene rings is 4. The summed E-state index contributed by atoms with van der Waals surface area (Å²) >= 11 is 0. The number of para-hydroxylation sites is 1. The van der Waals surface area contributed by atoms with Crippen LogP contribution in [0.25, 0.3) is 11.1 Å². The molecule has 0 unspecified atom stereocenters. The Balaban J connectivity index is 1.49. The Morgan fingerprint density at radius 3 is 2.17 bits per heavy atom. The molecule has 0 atom stereocenters. The fraction of sp³-hybridized carbons (Fsp3) is 0.107. The van der Waals surface area contributed by atoms with Gasteiger partial charge in [-0.1, -0.05) is 54.6 Å². The van der Waals surface area contributed by atoms with Gasteiger partial charge in [0.15, 0.2) is 0 Å². The maximum Gasteiger partial charge on any atom is 0.418 e. The summed E-state index contributed by atoms with van der Waals surface area (Å²) in [6.07, 6.45) is -4.58. The molecule has 0 aliphatic rings. The monoisotopic (exact) mass is 477 g/mol. The largest absolute Gasteiger partial charge is 0.496 e. The third-order valence-electron chi connectivity index (χ3n) is 5.38. The Kier molecular flexibility index (Phi) is 7.06. The van der Waals surface area contributed by atoms with Gasteiger partial charge >= 0.3 is 6.18 Å². The van der Waals surface area contributed by atoms with E-state index in [9.17, 15) is 18.0 Å². The van der Waals surface area contributed by atoms with Gasteiger partial charge in [-0.15, -0.1) is 0 Å². The first kappa shape index (κ1) is 23.9. The smallest absolute Gasteiger partial charge is 0.418 e. The highest BCUT2D eigenvalue weighted by Crippen LogP contribution is 2.35. The molecule has 0 fully saturated rings. The van der Waals surface area contributed by atoms with E-state index < -0.39 is 17.6 Å². The summed E-state index contributed by atoms with van der Waals surface area (Å²) < 4.78 is 51.0. The Morgan fingerprint density at radius 1 is 0.829 bits per heavy atom. The molecule has 1 amide bonds. The zero-order chi connectivity index (χ0) is 24.8. The van der Waals surface area contributed by atoms with Crippen LogP contribution in [0.15, 0.2) is 97.1 Å². The summed E-state index contributed by atoms with van der Waals surface area (Å²) in [6, 6.07) is 27.0. The second kappa shape index (κ2) is 10.3. The molecular formula is C28H22F3NO3. The van der Waals surface area contributed by atoms with Crippen LogP contribution in [-0.4, -0.2) is 13.0 Å². The van der Waals surface area contributed by atoms with Crippen molar-refractivity contribution in [1.29, 1.82) is 0 Å². The van der Waals surface area contributed by atoms with Crippen molar-refractivity contribution in [3.05, 3.63) is 114 Å². The van der Waals surface area contributed by atoms with Gasteiger partial charge in [0.25, 0.3) is 5.91 Å². The molecule has 4 aromatic carbocycles. The van der Waals surface area contributed by atoms with Crippen molar-refractivity contribution in [3.63, 3.8) is 0 Å². The number of anilines is 1. The molecule has 4 aromatic rings. The van der Waals surface area contributed by atoms with E-state index in [1.54, 1.807) is 12.1 Å². The maximum atomic E-state index is 13.3. The van der Waals surface area contributed by atoms with Crippen molar-refractivity contribution in [2.45, 2.75) is 12.8 Å². The Morgan fingerprint density at radius 2 is 1.49 bits per heavy atom. The van der Waals surface area contributed by atoms with Crippen LogP contribution in [-0.2, 0) is 12.8 Å². The second-order valence-electron chi connectivity index (χ2n) is 7.70. The summed E-state index contributed by atoms with van der Waals surface area (Å²) in [6.45, 7) is 0.105. The number of halogens is 3. The topological polar surface area (TPSA) is 47.6 Å². The number of amides is 1. The van der Waals surface area contributed by atoms with E-state index in [-0.39, 0.29) is 17.9 Å². The number of carbonyl (C=O) groups excluding carboxylic acids is 1. The number of nitrogens with one attached hydrogen (secondary N) is 1. The van der Waals surface area contributed by atoms with Gasteiger partial charge in [-0.05, 0) is 53.6 Å². The minimum Gasteiger partial charge on any atom is -0.496 e. The molecule has 0 saturated carbocycles. The van der Waals surface area contributed by atoms with Crippen LogP contribution >= 0.6 is 0 Å². The van der Waals surface area contributed by atoms with Crippen molar-refractivity contribution < 1.29 is 27.4 Å². The minimum atomic E-state index is -4.58. The maximum absolute atomic E-state index is 13.3. The molecule has 0 saturated heterocycles. The summed E-state index contributed by atoms with van der Waals surface area (Å²) in [5.41, 5.74) is 1.68. The molecular weight excluding hydrogens is 455 g/mol. The second-order valence-corrected chi connectivity index (χ2v) is 7.70. The highest BCUT2D eigenvalue weighted by Gasteiger charge is 2.33. The van der Waals surface area contributed by atoms with E-state index >= 15 is 0 Å². The molecule has 1 N–H and O–H groups in total. The van der Waals surface area contributed by atoms with E-state index in [1.165, 1.54) is 31.4 Å². The van der Waals surface area contributed by atoms with E-state index in [1.807, 2.05) is 54.6 Å².